The molecule has 7 heteroatoms. The van der Waals surface area contributed by atoms with E-state index in [4.69, 9.17) is 9.84 Å². The second kappa shape index (κ2) is 7.84. The maximum Gasteiger partial charge on any atom is 0.335 e. The predicted molar refractivity (Wildman–Crippen MR) is 93.3 cm³/mol. The maximum absolute atomic E-state index is 14.4. The lowest BCUT2D eigenvalue weighted by Gasteiger charge is -2.38. The molecule has 27 heavy (non-hydrogen) atoms. The molecule has 2 aromatic carbocycles. The van der Waals surface area contributed by atoms with E-state index in [9.17, 15) is 18.4 Å². The first-order valence-corrected chi connectivity index (χ1v) is 8.56. The van der Waals surface area contributed by atoms with Gasteiger partial charge < -0.3 is 15.2 Å². The van der Waals surface area contributed by atoms with Crippen LogP contribution in [0.1, 0.15) is 34.3 Å². The lowest BCUT2D eigenvalue weighted by atomic mass is 9.82. The van der Waals surface area contributed by atoms with Crippen molar-refractivity contribution in [1.29, 1.82) is 0 Å². The third kappa shape index (κ3) is 4.31. The van der Waals surface area contributed by atoms with Gasteiger partial charge in [0.1, 0.15) is 11.6 Å². The molecular formula is C20H19F2NO4. The Kier molecular flexibility index (Phi) is 5.51. The first kappa shape index (κ1) is 19.0. The molecule has 0 atom stereocenters. The number of hydrogen-bond acceptors (Lipinski definition) is 3. The molecule has 0 radical (unpaired) electrons. The van der Waals surface area contributed by atoms with Crippen molar-refractivity contribution < 1.29 is 28.2 Å². The van der Waals surface area contributed by atoms with E-state index in [1.54, 1.807) is 12.1 Å². The Labute approximate surface area is 155 Å². The van der Waals surface area contributed by atoms with Crippen molar-refractivity contribution in [3.63, 3.8) is 0 Å². The number of carbonyl (C=O) groups excluding carboxylic acids is 1. The first-order chi connectivity index (χ1) is 12.9. The molecule has 1 aliphatic heterocycles. The van der Waals surface area contributed by atoms with Gasteiger partial charge in [-0.05, 0) is 36.6 Å². The molecule has 1 aliphatic rings. The fourth-order valence-corrected chi connectivity index (χ4v) is 3.32. The lowest BCUT2D eigenvalue weighted by Crippen LogP contribution is -2.50. The number of hydrogen-bond donors (Lipinski definition) is 2. The van der Waals surface area contributed by atoms with Gasteiger partial charge in [-0.2, -0.15) is 0 Å². The molecular weight excluding hydrogens is 356 g/mol. The van der Waals surface area contributed by atoms with Gasteiger partial charge in [0.05, 0.1) is 17.5 Å². The molecule has 3 rings (SSSR count). The fraction of sp³-hybridized carbons (Fsp3) is 0.300. The van der Waals surface area contributed by atoms with Gasteiger partial charge in [0.25, 0.3) is 0 Å². The number of carboxylic acid groups (broad SMARTS) is 1. The smallest absolute Gasteiger partial charge is 0.335 e. The minimum absolute atomic E-state index is 0.0192. The average Bonchev–Trinajstić information content (AvgIpc) is 2.62. The number of halogens is 2. The Morgan fingerprint density at radius 1 is 1.07 bits per heavy atom. The molecule has 0 bridgehead atoms. The van der Waals surface area contributed by atoms with Crippen molar-refractivity contribution in [2.75, 3.05) is 13.2 Å². The van der Waals surface area contributed by atoms with Crippen LogP contribution >= 0.6 is 0 Å². The van der Waals surface area contributed by atoms with Crippen LogP contribution in [0.2, 0.25) is 0 Å². The number of benzene rings is 2. The molecule has 1 saturated heterocycles. The second-order valence-electron chi connectivity index (χ2n) is 6.55. The summed E-state index contributed by atoms with van der Waals surface area (Å²) >= 11 is 0. The van der Waals surface area contributed by atoms with Gasteiger partial charge in [-0.15, -0.1) is 0 Å². The fourth-order valence-electron chi connectivity index (χ4n) is 3.32. The van der Waals surface area contributed by atoms with Crippen molar-refractivity contribution in [1.82, 2.24) is 5.32 Å². The zero-order valence-electron chi connectivity index (χ0n) is 14.5. The molecule has 2 N–H and O–H groups in total. The van der Waals surface area contributed by atoms with E-state index in [0.29, 0.717) is 31.6 Å². The SMILES string of the molecule is O=C(Cc1ccc(C(=O)O)cc1)NC1(c2ccc(F)cc2F)CCOCC1. The van der Waals surface area contributed by atoms with Crippen LogP contribution in [0.3, 0.4) is 0 Å². The summed E-state index contributed by atoms with van der Waals surface area (Å²) < 4.78 is 33.0. The first-order valence-electron chi connectivity index (χ1n) is 8.56. The summed E-state index contributed by atoms with van der Waals surface area (Å²) in [5.41, 5.74) is 0.0446. The van der Waals surface area contributed by atoms with Crippen molar-refractivity contribution >= 4 is 11.9 Å². The van der Waals surface area contributed by atoms with Gasteiger partial charge in [-0.3, -0.25) is 4.79 Å². The van der Waals surface area contributed by atoms with Crippen LogP contribution in [0.4, 0.5) is 8.78 Å². The van der Waals surface area contributed by atoms with Crippen molar-refractivity contribution in [2.45, 2.75) is 24.8 Å². The summed E-state index contributed by atoms with van der Waals surface area (Å²) in [6, 6.07) is 9.33. The highest BCUT2D eigenvalue weighted by atomic mass is 19.1. The Bertz CT molecular complexity index is 846. The molecule has 5 nitrogen and oxygen atoms in total. The Hall–Kier alpha value is -2.80. The molecule has 0 spiro atoms. The molecule has 1 fully saturated rings. The summed E-state index contributed by atoms with van der Waals surface area (Å²) in [4.78, 5) is 23.5. The Morgan fingerprint density at radius 2 is 1.74 bits per heavy atom. The predicted octanol–water partition coefficient (Wildman–Crippen LogP) is 3.03. The molecule has 1 amide bonds. The number of aromatic carboxylic acids is 1. The molecule has 0 aromatic heterocycles. The van der Waals surface area contributed by atoms with E-state index in [1.807, 2.05) is 0 Å². The molecule has 1 heterocycles. The number of carboxylic acids is 1. The van der Waals surface area contributed by atoms with Gasteiger partial charge in [-0.25, -0.2) is 13.6 Å². The van der Waals surface area contributed by atoms with Crippen LogP contribution in [0.5, 0.6) is 0 Å². The Morgan fingerprint density at radius 3 is 2.33 bits per heavy atom. The molecule has 0 aliphatic carbocycles. The van der Waals surface area contributed by atoms with Gasteiger partial charge in [0, 0.05) is 24.8 Å². The maximum atomic E-state index is 14.4. The standard InChI is InChI=1S/C20H19F2NO4/c21-15-5-6-16(17(22)12-15)20(7-9-27-10-8-20)23-18(24)11-13-1-3-14(4-2-13)19(25)26/h1-6,12H,7-11H2,(H,23,24)(H,25,26). The molecule has 0 saturated carbocycles. The summed E-state index contributed by atoms with van der Waals surface area (Å²) in [5.74, 6) is -2.76. The summed E-state index contributed by atoms with van der Waals surface area (Å²) in [5, 5.41) is 11.8. The third-order valence-electron chi connectivity index (χ3n) is 4.74. The number of amides is 1. The van der Waals surface area contributed by atoms with Crippen molar-refractivity contribution in [3.05, 3.63) is 70.8 Å². The van der Waals surface area contributed by atoms with Crippen molar-refractivity contribution in [3.8, 4) is 0 Å². The van der Waals surface area contributed by atoms with Crippen LogP contribution in [0.25, 0.3) is 0 Å². The average molecular weight is 375 g/mol. The monoisotopic (exact) mass is 375 g/mol. The van der Waals surface area contributed by atoms with Crippen LogP contribution in [-0.4, -0.2) is 30.2 Å². The Balaban J connectivity index is 1.80. The van der Waals surface area contributed by atoms with Gasteiger partial charge in [0.15, 0.2) is 0 Å². The summed E-state index contributed by atoms with van der Waals surface area (Å²) in [7, 11) is 0. The molecule has 0 unspecified atom stereocenters. The quantitative estimate of drug-likeness (QED) is 0.842. The minimum atomic E-state index is -1.04. The topological polar surface area (TPSA) is 75.6 Å². The van der Waals surface area contributed by atoms with E-state index in [-0.39, 0.29) is 23.5 Å². The number of rotatable bonds is 5. The number of nitrogens with one attached hydrogen (secondary N) is 1. The van der Waals surface area contributed by atoms with Crippen LogP contribution in [0.15, 0.2) is 42.5 Å². The van der Waals surface area contributed by atoms with Crippen LogP contribution < -0.4 is 5.32 Å². The highest BCUT2D eigenvalue weighted by molar-refractivity contribution is 5.87. The van der Waals surface area contributed by atoms with Gasteiger partial charge in [-0.1, -0.05) is 18.2 Å². The lowest BCUT2D eigenvalue weighted by molar-refractivity contribution is -0.123. The van der Waals surface area contributed by atoms with Gasteiger partial charge >= 0.3 is 5.97 Å². The third-order valence-corrected chi connectivity index (χ3v) is 4.74. The van der Waals surface area contributed by atoms with Crippen molar-refractivity contribution in [2.24, 2.45) is 0 Å². The summed E-state index contributed by atoms with van der Waals surface area (Å²) in [6.45, 7) is 0.703. The zero-order chi connectivity index (χ0) is 19.4. The highest BCUT2D eigenvalue weighted by Crippen LogP contribution is 2.34. The summed E-state index contributed by atoms with van der Waals surface area (Å²) in [6.07, 6.45) is 0.768. The van der Waals surface area contributed by atoms with E-state index in [2.05, 4.69) is 5.32 Å². The van der Waals surface area contributed by atoms with Crippen LogP contribution in [-0.2, 0) is 21.5 Å². The van der Waals surface area contributed by atoms with E-state index < -0.39 is 23.1 Å². The minimum Gasteiger partial charge on any atom is -0.478 e. The normalized spacial score (nSPS) is 15.9. The second-order valence-corrected chi connectivity index (χ2v) is 6.55. The van der Waals surface area contributed by atoms with Gasteiger partial charge in [0.2, 0.25) is 5.91 Å². The molecule has 2 aromatic rings. The largest absolute Gasteiger partial charge is 0.478 e. The van der Waals surface area contributed by atoms with E-state index in [0.717, 1.165) is 6.07 Å². The van der Waals surface area contributed by atoms with E-state index >= 15 is 0 Å². The molecule has 142 valence electrons. The number of carbonyl (C=O) groups is 2. The number of ether oxygens (including phenoxy) is 1. The van der Waals surface area contributed by atoms with E-state index in [1.165, 1.54) is 24.3 Å². The highest BCUT2D eigenvalue weighted by Gasteiger charge is 2.38. The zero-order valence-corrected chi connectivity index (χ0v) is 14.5. The van der Waals surface area contributed by atoms with Crippen LogP contribution in [0, 0.1) is 11.6 Å².